The van der Waals surface area contributed by atoms with Crippen LogP contribution >= 0.6 is 38.5 Å². The van der Waals surface area contributed by atoms with E-state index < -0.39 is 0 Å². The van der Waals surface area contributed by atoms with Crippen LogP contribution in [0.4, 0.5) is 0 Å². The Morgan fingerprint density at radius 3 is 3.10 bits per heavy atom. The lowest BCUT2D eigenvalue weighted by Crippen LogP contribution is -2.29. The van der Waals surface area contributed by atoms with Crippen molar-refractivity contribution in [3.05, 3.63) is 43.5 Å². The fraction of sp³-hybridized carbons (Fsp3) is 0.357. The number of hydrogen-bond donors (Lipinski definition) is 1. The van der Waals surface area contributed by atoms with Gasteiger partial charge in [0.25, 0.3) is 5.91 Å². The molecule has 0 saturated heterocycles. The monoisotopic (exact) mass is 460 g/mol. The second-order valence-corrected chi connectivity index (χ2v) is 7.15. The van der Waals surface area contributed by atoms with Gasteiger partial charge in [-0.25, -0.2) is 0 Å². The van der Waals surface area contributed by atoms with E-state index in [1.807, 2.05) is 25.1 Å². The van der Waals surface area contributed by atoms with Gasteiger partial charge < -0.3 is 9.88 Å². The largest absolute Gasteiger partial charge is 0.342 e. The zero-order chi connectivity index (χ0) is 15.0. The van der Waals surface area contributed by atoms with Crippen LogP contribution in [0.2, 0.25) is 0 Å². The molecule has 0 radical (unpaired) electrons. The van der Waals surface area contributed by atoms with E-state index in [0.29, 0.717) is 5.56 Å². The molecule has 7 heteroatoms. The lowest BCUT2D eigenvalue weighted by atomic mass is 10.2. The molecule has 1 N–H and O–H groups in total. The van der Waals surface area contributed by atoms with E-state index in [2.05, 4.69) is 58.6 Å². The van der Waals surface area contributed by atoms with Gasteiger partial charge in [-0.2, -0.15) is 0 Å². The molecule has 110 valence electrons. The van der Waals surface area contributed by atoms with Crippen LogP contribution in [0.15, 0.2) is 22.7 Å². The molecule has 0 saturated carbocycles. The molecule has 21 heavy (non-hydrogen) atoms. The fourth-order valence-corrected chi connectivity index (χ4v) is 3.42. The number of benzene rings is 1. The summed E-state index contributed by atoms with van der Waals surface area (Å²) in [6, 6.07) is 5.54. The first-order chi connectivity index (χ1) is 10.1. The summed E-state index contributed by atoms with van der Waals surface area (Å²) >= 11 is 5.62. The van der Waals surface area contributed by atoms with Gasteiger partial charge in [-0.05, 0) is 70.1 Å². The Bertz CT molecular complexity index is 700. The minimum atomic E-state index is -0.165. The first kappa shape index (κ1) is 15.0. The topological polar surface area (TPSA) is 59.8 Å². The third kappa shape index (κ3) is 2.98. The van der Waals surface area contributed by atoms with E-state index in [-0.39, 0.29) is 11.9 Å². The average Bonchev–Trinajstić information content (AvgIpc) is 3.03. The molecular formula is C14H14BrIN4O. The zero-order valence-electron chi connectivity index (χ0n) is 11.4. The van der Waals surface area contributed by atoms with E-state index in [9.17, 15) is 4.79 Å². The summed E-state index contributed by atoms with van der Waals surface area (Å²) in [5.41, 5.74) is 0.634. The van der Waals surface area contributed by atoms with Crippen molar-refractivity contribution in [3.8, 4) is 0 Å². The highest BCUT2D eigenvalue weighted by Crippen LogP contribution is 2.22. The standard InChI is InChI=1S/C14H14BrIN4O/c1-8(13-19-18-12-3-2-6-20(12)13)17-14(21)10-7-9(16)4-5-11(10)15/h4-5,7-8H,2-3,6H2,1H3,(H,17,21). The molecular weight excluding hydrogens is 447 g/mol. The van der Waals surface area contributed by atoms with Gasteiger partial charge in [0.15, 0.2) is 5.82 Å². The van der Waals surface area contributed by atoms with Gasteiger partial charge in [0, 0.05) is 21.0 Å². The molecule has 2 heterocycles. The van der Waals surface area contributed by atoms with Crippen molar-refractivity contribution in [1.82, 2.24) is 20.1 Å². The second kappa shape index (κ2) is 6.04. The summed E-state index contributed by atoms with van der Waals surface area (Å²) < 4.78 is 3.92. The Morgan fingerprint density at radius 1 is 1.48 bits per heavy atom. The summed E-state index contributed by atoms with van der Waals surface area (Å²) in [6.07, 6.45) is 2.07. The van der Waals surface area contributed by atoms with Crippen LogP contribution in [-0.2, 0) is 13.0 Å². The molecule has 1 aromatic heterocycles. The van der Waals surface area contributed by atoms with E-state index >= 15 is 0 Å². The molecule has 0 spiro atoms. The summed E-state index contributed by atoms with van der Waals surface area (Å²) in [5, 5.41) is 11.4. The molecule has 2 aromatic rings. The van der Waals surface area contributed by atoms with Gasteiger partial charge in [0.1, 0.15) is 5.82 Å². The maximum atomic E-state index is 12.4. The Hall–Kier alpha value is -0.960. The fourth-order valence-electron chi connectivity index (χ4n) is 2.50. The van der Waals surface area contributed by atoms with Gasteiger partial charge >= 0.3 is 0 Å². The molecule has 1 unspecified atom stereocenters. The summed E-state index contributed by atoms with van der Waals surface area (Å²) in [4.78, 5) is 12.4. The predicted octanol–water partition coefficient (Wildman–Crippen LogP) is 3.08. The number of hydrogen-bond acceptors (Lipinski definition) is 3. The van der Waals surface area contributed by atoms with Crippen LogP contribution in [0.5, 0.6) is 0 Å². The van der Waals surface area contributed by atoms with Gasteiger partial charge in [0.05, 0.1) is 11.6 Å². The second-order valence-electron chi connectivity index (χ2n) is 5.05. The number of amides is 1. The molecule has 1 aliphatic heterocycles. The van der Waals surface area contributed by atoms with Crippen LogP contribution in [0.25, 0.3) is 0 Å². The van der Waals surface area contributed by atoms with E-state index in [1.54, 1.807) is 0 Å². The van der Waals surface area contributed by atoms with Gasteiger partial charge in [-0.3, -0.25) is 4.79 Å². The normalized spacial score (nSPS) is 14.8. The number of nitrogens with one attached hydrogen (secondary N) is 1. The van der Waals surface area contributed by atoms with Crippen LogP contribution in [0, 0.1) is 3.57 Å². The van der Waals surface area contributed by atoms with Gasteiger partial charge in [-0.15, -0.1) is 10.2 Å². The third-order valence-corrected chi connectivity index (χ3v) is 4.91. The van der Waals surface area contributed by atoms with Crippen LogP contribution in [-0.4, -0.2) is 20.7 Å². The summed E-state index contributed by atoms with van der Waals surface area (Å²) in [7, 11) is 0. The number of aromatic nitrogens is 3. The molecule has 0 bridgehead atoms. The number of carbonyl (C=O) groups excluding carboxylic acids is 1. The van der Waals surface area contributed by atoms with E-state index in [0.717, 1.165) is 39.1 Å². The van der Waals surface area contributed by atoms with Crippen molar-refractivity contribution in [2.24, 2.45) is 0 Å². The highest BCUT2D eigenvalue weighted by Gasteiger charge is 2.23. The third-order valence-electron chi connectivity index (χ3n) is 3.55. The maximum absolute atomic E-state index is 12.4. The summed E-state index contributed by atoms with van der Waals surface area (Å²) in [5.74, 6) is 1.74. The van der Waals surface area contributed by atoms with Crippen molar-refractivity contribution in [1.29, 1.82) is 0 Å². The van der Waals surface area contributed by atoms with Crippen LogP contribution in [0.1, 0.15) is 41.4 Å². The number of halogens is 2. The minimum absolute atomic E-state index is 0.108. The van der Waals surface area contributed by atoms with Crippen molar-refractivity contribution < 1.29 is 4.79 Å². The highest BCUT2D eigenvalue weighted by molar-refractivity contribution is 14.1. The number of rotatable bonds is 3. The number of carbonyl (C=O) groups is 1. The Balaban J connectivity index is 1.79. The average molecular weight is 461 g/mol. The van der Waals surface area contributed by atoms with Crippen LogP contribution < -0.4 is 5.32 Å². The van der Waals surface area contributed by atoms with Crippen LogP contribution in [0.3, 0.4) is 0 Å². The summed E-state index contributed by atoms with van der Waals surface area (Å²) in [6.45, 7) is 2.88. The smallest absolute Gasteiger partial charge is 0.253 e. The lowest BCUT2D eigenvalue weighted by molar-refractivity contribution is 0.0936. The molecule has 1 atom stereocenters. The zero-order valence-corrected chi connectivity index (χ0v) is 15.2. The molecule has 5 nitrogen and oxygen atoms in total. The quantitative estimate of drug-likeness (QED) is 0.716. The van der Waals surface area contributed by atoms with E-state index in [4.69, 9.17) is 0 Å². The first-order valence-electron chi connectivity index (χ1n) is 6.74. The molecule has 1 aromatic carbocycles. The molecule has 1 amide bonds. The first-order valence-corrected chi connectivity index (χ1v) is 8.61. The SMILES string of the molecule is CC(NC(=O)c1cc(I)ccc1Br)c1nnc2n1CCC2. The molecule has 0 fully saturated rings. The molecule has 0 aliphatic carbocycles. The van der Waals surface area contributed by atoms with Crippen molar-refractivity contribution in [2.45, 2.75) is 32.4 Å². The highest BCUT2D eigenvalue weighted by atomic mass is 127. The number of fused-ring (bicyclic) bond motifs is 1. The van der Waals surface area contributed by atoms with Crippen molar-refractivity contribution >= 4 is 44.4 Å². The molecule has 1 aliphatic rings. The van der Waals surface area contributed by atoms with Gasteiger partial charge in [0.2, 0.25) is 0 Å². The Morgan fingerprint density at radius 2 is 2.29 bits per heavy atom. The minimum Gasteiger partial charge on any atom is -0.342 e. The van der Waals surface area contributed by atoms with Crippen molar-refractivity contribution in [2.75, 3.05) is 0 Å². The number of aryl methyl sites for hydroxylation is 1. The van der Waals surface area contributed by atoms with Gasteiger partial charge in [-0.1, -0.05) is 0 Å². The predicted molar refractivity (Wildman–Crippen MR) is 91.1 cm³/mol. The lowest BCUT2D eigenvalue weighted by Gasteiger charge is -2.14. The number of nitrogens with zero attached hydrogens (tertiary/aromatic N) is 3. The molecule has 3 rings (SSSR count). The Kier molecular flexibility index (Phi) is 4.30. The van der Waals surface area contributed by atoms with Crippen molar-refractivity contribution in [3.63, 3.8) is 0 Å². The van der Waals surface area contributed by atoms with E-state index in [1.165, 1.54) is 0 Å². The Labute approximate surface area is 144 Å². The maximum Gasteiger partial charge on any atom is 0.253 e.